The zero-order valence-electron chi connectivity index (χ0n) is 10.9. The van der Waals surface area contributed by atoms with Gasteiger partial charge in [0.2, 0.25) is 0 Å². The van der Waals surface area contributed by atoms with Gasteiger partial charge in [-0.2, -0.15) is 0 Å². The number of rotatable bonds is 4. The van der Waals surface area contributed by atoms with Crippen molar-refractivity contribution in [3.05, 3.63) is 59.3 Å². The number of benzene rings is 1. The highest BCUT2D eigenvalue weighted by molar-refractivity contribution is 5.25. The van der Waals surface area contributed by atoms with Crippen LogP contribution in [-0.4, -0.2) is 0 Å². The van der Waals surface area contributed by atoms with Crippen LogP contribution in [-0.2, 0) is 0 Å². The van der Waals surface area contributed by atoms with Gasteiger partial charge in [-0.05, 0) is 50.1 Å². The molecule has 2 nitrogen and oxygen atoms in total. The summed E-state index contributed by atoms with van der Waals surface area (Å²) in [6.45, 7) is 5.81. The van der Waals surface area contributed by atoms with Crippen molar-refractivity contribution in [1.29, 1.82) is 0 Å². The van der Waals surface area contributed by atoms with Crippen LogP contribution in [0.1, 0.15) is 42.8 Å². The third-order valence-corrected chi connectivity index (χ3v) is 3.17. The van der Waals surface area contributed by atoms with Crippen molar-refractivity contribution in [3.8, 4) is 0 Å². The summed E-state index contributed by atoms with van der Waals surface area (Å²) in [5.74, 6) is 0.723. The van der Waals surface area contributed by atoms with Gasteiger partial charge in [0.15, 0.2) is 0 Å². The molecule has 0 saturated heterocycles. The van der Waals surface area contributed by atoms with E-state index in [4.69, 9.17) is 4.42 Å². The molecule has 1 heterocycles. The molecule has 0 bridgehead atoms. The molecule has 0 radical (unpaired) electrons. The number of furan rings is 1. The normalized spacial score (nSPS) is 14.4. The highest BCUT2D eigenvalue weighted by atomic mass is 19.1. The summed E-state index contributed by atoms with van der Waals surface area (Å²) in [7, 11) is 0. The summed E-state index contributed by atoms with van der Waals surface area (Å²) >= 11 is 0. The van der Waals surface area contributed by atoms with Crippen LogP contribution in [0.5, 0.6) is 0 Å². The van der Waals surface area contributed by atoms with Crippen molar-refractivity contribution in [2.45, 2.75) is 32.9 Å². The van der Waals surface area contributed by atoms with Crippen LogP contribution >= 0.6 is 0 Å². The quantitative estimate of drug-likeness (QED) is 0.878. The van der Waals surface area contributed by atoms with Crippen molar-refractivity contribution in [3.63, 3.8) is 0 Å². The molecule has 0 saturated carbocycles. The van der Waals surface area contributed by atoms with Crippen molar-refractivity contribution >= 4 is 0 Å². The Morgan fingerprint density at radius 2 is 1.94 bits per heavy atom. The Kier molecular flexibility index (Phi) is 3.82. The van der Waals surface area contributed by atoms with Gasteiger partial charge in [-0.15, -0.1) is 0 Å². The van der Waals surface area contributed by atoms with Gasteiger partial charge in [-0.1, -0.05) is 12.1 Å². The minimum Gasteiger partial charge on any atom is -0.468 e. The van der Waals surface area contributed by atoms with E-state index in [0.29, 0.717) is 5.56 Å². The Morgan fingerprint density at radius 1 is 1.17 bits per heavy atom. The lowest BCUT2D eigenvalue weighted by Crippen LogP contribution is -2.22. The van der Waals surface area contributed by atoms with E-state index in [1.165, 1.54) is 0 Å². The Morgan fingerprint density at radius 3 is 2.56 bits per heavy atom. The first kappa shape index (κ1) is 12.8. The average Bonchev–Trinajstić information content (AvgIpc) is 2.86. The molecule has 0 aliphatic rings. The van der Waals surface area contributed by atoms with E-state index in [0.717, 1.165) is 11.3 Å². The highest BCUT2D eigenvalue weighted by Crippen LogP contribution is 2.21. The van der Waals surface area contributed by atoms with Crippen LogP contribution < -0.4 is 5.32 Å². The minimum absolute atomic E-state index is 0.0696. The molecule has 1 unspecified atom stereocenters. The Hall–Kier alpha value is -1.61. The standard InChI is InChI=1S/C15H18FNO/c1-10-6-7-13(9-14(10)16)11(2)17-12(3)15-5-4-8-18-15/h4-9,11-12,17H,1-3H3/t11?,12-/m1/s1. The van der Waals surface area contributed by atoms with Crippen molar-refractivity contribution in [2.24, 2.45) is 0 Å². The summed E-state index contributed by atoms with van der Waals surface area (Å²) in [4.78, 5) is 0. The highest BCUT2D eigenvalue weighted by Gasteiger charge is 2.13. The molecule has 1 N–H and O–H groups in total. The minimum atomic E-state index is -0.160. The SMILES string of the molecule is Cc1ccc(C(C)N[C@H](C)c2ccco2)cc1F. The lowest BCUT2D eigenvalue weighted by molar-refractivity contribution is 0.402. The predicted octanol–water partition coefficient (Wildman–Crippen LogP) is 4.14. The third kappa shape index (κ3) is 2.79. The van der Waals surface area contributed by atoms with E-state index in [1.807, 2.05) is 32.0 Å². The number of hydrogen-bond acceptors (Lipinski definition) is 2. The fourth-order valence-corrected chi connectivity index (χ4v) is 1.97. The predicted molar refractivity (Wildman–Crippen MR) is 69.8 cm³/mol. The average molecular weight is 247 g/mol. The molecule has 3 heteroatoms. The molecule has 2 rings (SSSR count). The smallest absolute Gasteiger partial charge is 0.126 e. The van der Waals surface area contributed by atoms with E-state index in [1.54, 1.807) is 25.3 Å². The van der Waals surface area contributed by atoms with Crippen LogP contribution in [0, 0.1) is 12.7 Å². The second-order valence-electron chi connectivity index (χ2n) is 4.63. The number of halogens is 1. The first-order valence-corrected chi connectivity index (χ1v) is 6.13. The van der Waals surface area contributed by atoms with Crippen LogP contribution in [0.2, 0.25) is 0 Å². The van der Waals surface area contributed by atoms with Gasteiger partial charge < -0.3 is 9.73 Å². The zero-order valence-corrected chi connectivity index (χ0v) is 10.9. The van der Waals surface area contributed by atoms with Gasteiger partial charge in [-0.3, -0.25) is 0 Å². The van der Waals surface area contributed by atoms with Gasteiger partial charge in [0, 0.05) is 6.04 Å². The first-order valence-electron chi connectivity index (χ1n) is 6.13. The number of hydrogen-bond donors (Lipinski definition) is 1. The van der Waals surface area contributed by atoms with Crippen LogP contribution in [0.15, 0.2) is 41.0 Å². The van der Waals surface area contributed by atoms with Crippen LogP contribution in [0.25, 0.3) is 0 Å². The van der Waals surface area contributed by atoms with Gasteiger partial charge >= 0.3 is 0 Å². The topological polar surface area (TPSA) is 25.2 Å². The fraction of sp³-hybridized carbons (Fsp3) is 0.333. The summed E-state index contributed by atoms with van der Waals surface area (Å²) in [5, 5.41) is 3.38. The molecule has 0 amide bonds. The third-order valence-electron chi connectivity index (χ3n) is 3.17. The van der Waals surface area contributed by atoms with Gasteiger partial charge in [0.1, 0.15) is 11.6 Å². The van der Waals surface area contributed by atoms with Crippen LogP contribution in [0.3, 0.4) is 0 Å². The molecule has 18 heavy (non-hydrogen) atoms. The molecule has 1 aromatic carbocycles. The molecule has 0 spiro atoms. The summed E-state index contributed by atoms with van der Waals surface area (Å²) in [6.07, 6.45) is 1.66. The van der Waals surface area contributed by atoms with Crippen molar-refractivity contribution < 1.29 is 8.81 Å². The van der Waals surface area contributed by atoms with E-state index in [2.05, 4.69) is 5.32 Å². The molecule has 0 aliphatic carbocycles. The molecular formula is C15H18FNO. The first-order chi connectivity index (χ1) is 8.58. The Labute approximate surface area is 107 Å². The van der Waals surface area contributed by atoms with Crippen molar-refractivity contribution in [2.75, 3.05) is 0 Å². The molecule has 2 atom stereocenters. The number of nitrogens with one attached hydrogen (secondary N) is 1. The molecule has 96 valence electrons. The lowest BCUT2D eigenvalue weighted by atomic mass is 10.0. The van der Waals surface area contributed by atoms with E-state index in [-0.39, 0.29) is 17.9 Å². The molecule has 0 fully saturated rings. The van der Waals surface area contributed by atoms with E-state index >= 15 is 0 Å². The lowest BCUT2D eigenvalue weighted by Gasteiger charge is -2.19. The van der Waals surface area contributed by atoms with Crippen LogP contribution in [0.4, 0.5) is 4.39 Å². The maximum atomic E-state index is 13.5. The maximum absolute atomic E-state index is 13.5. The largest absolute Gasteiger partial charge is 0.468 e. The summed E-state index contributed by atoms with van der Waals surface area (Å²) < 4.78 is 18.8. The summed E-state index contributed by atoms with van der Waals surface area (Å²) in [6, 6.07) is 9.30. The van der Waals surface area contributed by atoms with Gasteiger partial charge in [0.05, 0.1) is 12.3 Å². The van der Waals surface area contributed by atoms with Crippen molar-refractivity contribution in [1.82, 2.24) is 5.32 Å². The van der Waals surface area contributed by atoms with Gasteiger partial charge in [0.25, 0.3) is 0 Å². The zero-order chi connectivity index (χ0) is 13.1. The fourth-order valence-electron chi connectivity index (χ4n) is 1.97. The monoisotopic (exact) mass is 247 g/mol. The second kappa shape index (κ2) is 5.36. The maximum Gasteiger partial charge on any atom is 0.126 e. The molecule has 2 aromatic rings. The summed E-state index contributed by atoms with van der Waals surface area (Å²) in [5.41, 5.74) is 1.61. The Bertz CT molecular complexity index is 507. The van der Waals surface area contributed by atoms with E-state index < -0.39 is 0 Å². The van der Waals surface area contributed by atoms with Gasteiger partial charge in [-0.25, -0.2) is 4.39 Å². The Balaban J connectivity index is 2.07. The number of aryl methyl sites for hydroxylation is 1. The van der Waals surface area contributed by atoms with E-state index in [9.17, 15) is 4.39 Å². The molecule has 1 aromatic heterocycles. The molecule has 0 aliphatic heterocycles. The molecular weight excluding hydrogens is 229 g/mol. The second-order valence-corrected chi connectivity index (χ2v) is 4.63.